The van der Waals surface area contributed by atoms with Gasteiger partial charge in [-0.3, -0.25) is 4.79 Å². The zero-order chi connectivity index (χ0) is 15.6. The first-order valence-electron chi connectivity index (χ1n) is 7.60. The topological polar surface area (TPSA) is 41.1 Å². The molecule has 4 heteroatoms. The molecule has 0 aliphatic heterocycles. The Hall–Kier alpha value is -1.22. The molecule has 0 aromatic heterocycles. The smallest absolute Gasteiger partial charge is 0.221 e. The third-order valence-corrected chi connectivity index (χ3v) is 4.64. The van der Waals surface area contributed by atoms with Crippen molar-refractivity contribution in [1.29, 1.82) is 0 Å². The fraction of sp³-hybridized carbons (Fsp3) is 0.588. The van der Waals surface area contributed by atoms with Gasteiger partial charge >= 0.3 is 0 Å². The normalized spacial score (nSPS) is 24.4. The van der Waals surface area contributed by atoms with Crippen LogP contribution in [0.2, 0.25) is 5.02 Å². The summed E-state index contributed by atoms with van der Waals surface area (Å²) in [6.45, 7) is 8.48. The Morgan fingerprint density at radius 3 is 2.67 bits per heavy atom. The van der Waals surface area contributed by atoms with E-state index in [4.69, 9.17) is 11.6 Å². The molecule has 1 fully saturated rings. The van der Waals surface area contributed by atoms with Gasteiger partial charge in [0.25, 0.3) is 0 Å². The number of nitrogens with one attached hydrogen (secondary N) is 2. The quantitative estimate of drug-likeness (QED) is 0.831. The van der Waals surface area contributed by atoms with Crippen LogP contribution < -0.4 is 10.6 Å². The van der Waals surface area contributed by atoms with Crippen molar-refractivity contribution in [3.05, 3.63) is 23.2 Å². The Balaban J connectivity index is 2.03. The average Bonchev–Trinajstić information content (AvgIpc) is 2.35. The summed E-state index contributed by atoms with van der Waals surface area (Å²) in [6, 6.07) is 6.20. The second kappa shape index (κ2) is 6.27. The predicted octanol–water partition coefficient (Wildman–Crippen LogP) is 4.93. The van der Waals surface area contributed by atoms with Gasteiger partial charge in [0.15, 0.2) is 0 Å². The molecule has 2 atom stereocenters. The Morgan fingerprint density at radius 2 is 2.10 bits per heavy atom. The summed E-state index contributed by atoms with van der Waals surface area (Å²) in [7, 11) is 0. The lowest BCUT2D eigenvalue weighted by Crippen LogP contribution is -2.36. The van der Waals surface area contributed by atoms with Crippen molar-refractivity contribution in [1.82, 2.24) is 0 Å². The SMILES string of the molecule is CC(=O)Nc1ccc(NC2CCC(C)(C)CC2C)cc1Cl. The molecule has 1 aromatic rings. The highest BCUT2D eigenvalue weighted by atomic mass is 35.5. The monoisotopic (exact) mass is 308 g/mol. The number of hydrogen-bond acceptors (Lipinski definition) is 2. The number of benzene rings is 1. The standard InChI is InChI=1S/C17H25ClN2O/c1-11-10-17(3,4)8-7-15(11)20-13-5-6-16(14(18)9-13)19-12(2)21/h5-6,9,11,15,20H,7-8,10H2,1-4H3,(H,19,21). The van der Waals surface area contributed by atoms with Crippen LogP contribution in [-0.2, 0) is 4.79 Å². The fourth-order valence-electron chi connectivity index (χ4n) is 3.27. The van der Waals surface area contributed by atoms with Crippen molar-refractivity contribution in [2.24, 2.45) is 11.3 Å². The van der Waals surface area contributed by atoms with E-state index in [2.05, 4.69) is 31.4 Å². The van der Waals surface area contributed by atoms with Crippen molar-refractivity contribution in [3.63, 3.8) is 0 Å². The summed E-state index contributed by atoms with van der Waals surface area (Å²) in [5.41, 5.74) is 2.13. The minimum Gasteiger partial charge on any atom is -0.382 e. The molecule has 1 saturated carbocycles. The average molecular weight is 309 g/mol. The number of halogens is 1. The van der Waals surface area contributed by atoms with Crippen LogP contribution in [0.3, 0.4) is 0 Å². The second-order valence-corrected chi connectivity index (χ2v) is 7.42. The molecule has 1 aliphatic carbocycles. The van der Waals surface area contributed by atoms with Gasteiger partial charge < -0.3 is 10.6 Å². The molecule has 2 unspecified atom stereocenters. The van der Waals surface area contributed by atoms with Crippen molar-refractivity contribution < 1.29 is 4.79 Å². The van der Waals surface area contributed by atoms with Gasteiger partial charge in [0.1, 0.15) is 0 Å². The molecular formula is C17H25ClN2O. The van der Waals surface area contributed by atoms with E-state index in [1.807, 2.05) is 18.2 Å². The maximum Gasteiger partial charge on any atom is 0.221 e. The third kappa shape index (κ3) is 4.37. The zero-order valence-electron chi connectivity index (χ0n) is 13.3. The zero-order valence-corrected chi connectivity index (χ0v) is 14.1. The van der Waals surface area contributed by atoms with Crippen molar-refractivity contribution >= 4 is 28.9 Å². The first-order valence-corrected chi connectivity index (χ1v) is 7.98. The van der Waals surface area contributed by atoms with E-state index in [1.54, 1.807) is 0 Å². The number of carbonyl (C=O) groups is 1. The van der Waals surface area contributed by atoms with Gasteiger partial charge in [-0.1, -0.05) is 32.4 Å². The first kappa shape index (κ1) is 16.2. The van der Waals surface area contributed by atoms with E-state index in [0.717, 1.165) is 5.69 Å². The molecule has 0 saturated heterocycles. The highest BCUT2D eigenvalue weighted by Crippen LogP contribution is 2.39. The summed E-state index contributed by atoms with van der Waals surface area (Å²) >= 11 is 6.22. The molecule has 2 N–H and O–H groups in total. The summed E-state index contributed by atoms with van der Waals surface area (Å²) in [6.07, 6.45) is 3.66. The molecule has 0 heterocycles. The van der Waals surface area contributed by atoms with E-state index in [1.165, 1.54) is 26.2 Å². The van der Waals surface area contributed by atoms with Crippen LogP contribution >= 0.6 is 11.6 Å². The highest BCUT2D eigenvalue weighted by molar-refractivity contribution is 6.34. The van der Waals surface area contributed by atoms with Gasteiger partial charge in [-0.2, -0.15) is 0 Å². The molecule has 116 valence electrons. The molecule has 0 radical (unpaired) electrons. The lowest BCUT2D eigenvalue weighted by Gasteiger charge is -2.40. The minimum atomic E-state index is -0.110. The first-order chi connectivity index (χ1) is 9.77. The molecule has 1 aromatic carbocycles. The maximum absolute atomic E-state index is 11.1. The minimum absolute atomic E-state index is 0.110. The van der Waals surface area contributed by atoms with Gasteiger partial charge in [0.05, 0.1) is 10.7 Å². The van der Waals surface area contributed by atoms with Crippen LogP contribution in [0.15, 0.2) is 18.2 Å². The van der Waals surface area contributed by atoms with E-state index in [9.17, 15) is 4.79 Å². The molecular weight excluding hydrogens is 284 g/mol. The van der Waals surface area contributed by atoms with Crippen LogP contribution in [0.1, 0.15) is 47.0 Å². The maximum atomic E-state index is 11.1. The van der Waals surface area contributed by atoms with Crippen LogP contribution in [-0.4, -0.2) is 11.9 Å². The van der Waals surface area contributed by atoms with Crippen LogP contribution in [0.5, 0.6) is 0 Å². The van der Waals surface area contributed by atoms with Gasteiger partial charge in [-0.05, 0) is 48.8 Å². The van der Waals surface area contributed by atoms with Crippen molar-refractivity contribution in [2.45, 2.75) is 53.0 Å². The molecule has 2 rings (SSSR count). The van der Waals surface area contributed by atoms with E-state index >= 15 is 0 Å². The number of rotatable bonds is 3. The highest BCUT2D eigenvalue weighted by Gasteiger charge is 2.32. The Labute approximate surface area is 132 Å². The van der Waals surface area contributed by atoms with Gasteiger partial charge in [-0.25, -0.2) is 0 Å². The Morgan fingerprint density at radius 1 is 1.38 bits per heavy atom. The number of carbonyl (C=O) groups excluding carboxylic acids is 1. The number of hydrogen-bond donors (Lipinski definition) is 2. The van der Waals surface area contributed by atoms with E-state index in [-0.39, 0.29) is 5.91 Å². The number of anilines is 2. The summed E-state index contributed by atoms with van der Waals surface area (Å²) in [4.78, 5) is 11.1. The summed E-state index contributed by atoms with van der Waals surface area (Å²) in [5, 5.41) is 6.89. The van der Waals surface area contributed by atoms with Gasteiger partial charge in [-0.15, -0.1) is 0 Å². The van der Waals surface area contributed by atoms with Crippen molar-refractivity contribution in [2.75, 3.05) is 10.6 Å². The molecule has 1 aliphatic rings. The molecule has 0 spiro atoms. The van der Waals surface area contributed by atoms with Gasteiger partial charge in [0.2, 0.25) is 5.91 Å². The summed E-state index contributed by atoms with van der Waals surface area (Å²) in [5.74, 6) is 0.531. The third-order valence-electron chi connectivity index (χ3n) is 4.33. The largest absolute Gasteiger partial charge is 0.382 e. The Kier molecular flexibility index (Phi) is 4.82. The second-order valence-electron chi connectivity index (χ2n) is 7.01. The lowest BCUT2D eigenvalue weighted by atomic mass is 9.70. The van der Waals surface area contributed by atoms with Crippen LogP contribution in [0, 0.1) is 11.3 Å². The lowest BCUT2D eigenvalue weighted by molar-refractivity contribution is -0.114. The fourth-order valence-corrected chi connectivity index (χ4v) is 3.50. The van der Waals surface area contributed by atoms with Gasteiger partial charge in [0, 0.05) is 18.7 Å². The predicted molar refractivity (Wildman–Crippen MR) is 90.0 cm³/mol. The summed E-state index contributed by atoms with van der Waals surface area (Å²) < 4.78 is 0. The molecule has 1 amide bonds. The number of amides is 1. The van der Waals surface area contributed by atoms with E-state index in [0.29, 0.717) is 28.1 Å². The molecule has 0 bridgehead atoms. The molecule has 3 nitrogen and oxygen atoms in total. The Bertz CT molecular complexity index is 528. The van der Waals surface area contributed by atoms with Crippen molar-refractivity contribution in [3.8, 4) is 0 Å². The van der Waals surface area contributed by atoms with Crippen LogP contribution in [0.25, 0.3) is 0 Å². The molecule has 21 heavy (non-hydrogen) atoms. The van der Waals surface area contributed by atoms with Crippen LogP contribution in [0.4, 0.5) is 11.4 Å². The van der Waals surface area contributed by atoms with E-state index < -0.39 is 0 Å².